The van der Waals surface area contributed by atoms with Crippen LogP contribution in [0.3, 0.4) is 0 Å². The van der Waals surface area contributed by atoms with Crippen LogP contribution in [0.2, 0.25) is 0 Å². The van der Waals surface area contributed by atoms with Gasteiger partial charge < -0.3 is 15.4 Å². The Hall–Kier alpha value is -1.55. The molecule has 2 rings (SSSR count). The summed E-state index contributed by atoms with van der Waals surface area (Å²) < 4.78 is 5.47. The maximum absolute atomic E-state index is 11.7. The van der Waals surface area contributed by atoms with Crippen LogP contribution >= 0.6 is 0 Å². The van der Waals surface area contributed by atoms with Crippen LogP contribution < -0.4 is 15.4 Å². The highest BCUT2D eigenvalue weighted by molar-refractivity contribution is 5.93. The third-order valence-corrected chi connectivity index (χ3v) is 2.75. The topological polar surface area (TPSA) is 50.4 Å². The average Bonchev–Trinajstić information content (AvgIpc) is 2.26. The summed E-state index contributed by atoms with van der Waals surface area (Å²) in [7, 11) is 0. The van der Waals surface area contributed by atoms with Gasteiger partial charge in [-0.25, -0.2) is 0 Å². The van der Waals surface area contributed by atoms with Crippen molar-refractivity contribution >= 4 is 11.6 Å². The quantitative estimate of drug-likeness (QED) is 0.814. The van der Waals surface area contributed by atoms with Crippen molar-refractivity contribution in [3.63, 3.8) is 0 Å². The van der Waals surface area contributed by atoms with Crippen molar-refractivity contribution in [3.8, 4) is 5.75 Å². The second-order valence-corrected chi connectivity index (χ2v) is 4.22. The van der Waals surface area contributed by atoms with Crippen LogP contribution in [0.15, 0.2) is 24.3 Å². The second-order valence-electron chi connectivity index (χ2n) is 4.22. The molecular weight excluding hydrogens is 216 g/mol. The van der Waals surface area contributed by atoms with Gasteiger partial charge in [0.1, 0.15) is 5.75 Å². The number of ether oxygens (including phenoxy) is 1. The van der Waals surface area contributed by atoms with Crippen LogP contribution in [0.5, 0.6) is 5.75 Å². The van der Waals surface area contributed by atoms with Crippen LogP contribution in [-0.4, -0.2) is 25.6 Å². The molecule has 1 saturated heterocycles. The van der Waals surface area contributed by atoms with Crippen LogP contribution in [0, 0.1) is 5.92 Å². The number of carbonyl (C=O) groups is 1. The first-order chi connectivity index (χ1) is 8.29. The van der Waals surface area contributed by atoms with E-state index in [9.17, 15) is 4.79 Å². The molecule has 1 aromatic carbocycles. The summed E-state index contributed by atoms with van der Waals surface area (Å²) >= 11 is 0. The minimum atomic E-state index is 0.0889. The SMILES string of the molecule is CCCOc1ccc(NC(=O)C2CNC2)cc1. The van der Waals surface area contributed by atoms with Gasteiger partial charge in [0.15, 0.2) is 0 Å². The van der Waals surface area contributed by atoms with Crippen molar-refractivity contribution < 1.29 is 9.53 Å². The summed E-state index contributed by atoms with van der Waals surface area (Å²) in [5.41, 5.74) is 0.825. The van der Waals surface area contributed by atoms with E-state index in [0.29, 0.717) is 0 Å². The summed E-state index contributed by atoms with van der Waals surface area (Å²) in [6, 6.07) is 7.50. The predicted molar refractivity (Wildman–Crippen MR) is 67.2 cm³/mol. The maximum Gasteiger partial charge on any atom is 0.230 e. The molecule has 0 aliphatic carbocycles. The molecule has 1 heterocycles. The van der Waals surface area contributed by atoms with Crippen molar-refractivity contribution in [2.45, 2.75) is 13.3 Å². The van der Waals surface area contributed by atoms with Crippen molar-refractivity contribution in [2.75, 3.05) is 25.0 Å². The van der Waals surface area contributed by atoms with E-state index in [-0.39, 0.29) is 11.8 Å². The number of nitrogens with one attached hydrogen (secondary N) is 2. The van der Waals surface area contributed by atoms with Crippen LogP contribution in [-0.2, 0) is 4.79 Å². The monoisotopic (exact) mass is 234 g/mol. The Morgan fingerprint density at radius 1 is 1.41 bits per heavy atom. The molecule has 1 aliphatic heterocycles. The lowest BCUT2D eigenvalue weighted by Gasteiger charge is -2.25. The Labute approximate surface area is 101 Å². The summed E-state index contributed by atoms with van der Waals surface area (Å²) in [6.45, 7) is 4.35. The van der Waals surface area contributed by atoms with Gasteiger partial charge in [0.2, 0.25) is 5.91 Å². The molecular formula is C13H18N2O2. The van der Waals surface area contributed by atoms with Crippen LogP contribution in [0.4, 0.5) is 5.69 Å². The minimum Gasteiger partial charge on any atom is -0.494 e. The van der Waals surface area contributed by atoms with Gasteiger partial charge in [-0.1, -0.05) is 6.92 Å². The van der Waals surface area contributed by atoms with Gasteiger partial charge in [-0.2, -0.15) is 0 Å². The number of carbonyl (C=O) groups excluding carboxylic acids is 1. The van der Waals surface area contributed by atoms with Gasteiger partial charge in [0.05, 0.1) is 12.5 Å². The molecule has 0 radical (unpaired) electrons. The normalized spacial score (nSPS) is 15.1. The van der Waals surface area contributed by atoms with E-state index in [2.05, 4.69) is 17.6 Å². The first-order valence-electron chi connectivity index (χ1n) is 6.04. The van der Waals surface area contributed by atoms with Gasteiger partial charge in [-0.15, -0.1) is 0 Å². The van der Waals surface area contributed by atoms with E-state index in [1.165, 1.54) is 0 Å². The third kappa shape index (κ3) is 3.20. The molecule has 0 atom stereocenters. The Morgan fingerprint density at radius 2 is 2.12 bits per heavy atom. The molecule has 4 heteroatoms. The number of amides is 1. The minimum absolute atomic E-state index is 0.0889. The molecule has 1 fully saturated rings. The molecule has 92 valence electrons. The molecule has 1 amide bonds. The predicted octanol–water partition coefficient (Wildman–Crippen LogP) is 1.63. The number of hydrogen-bond acceptors (Lipinski definition) is 3. The molecule has 0 aromatic heterocycles. The Morgan fingerprint density at radius 3 is 2.65 bits per heavy atom. The van der Waals surface area contributed by atoms with Gasteiger partial charge >= 0.3 is 0 Å². The summed E-state index contributed by atoms with van der Waals surface area (Å²) in [5, 5.41) is 5.97. The second kappa shape index (κ2) is 5.68. The Balaban J connectivity index is 1.86. The van der Waals surface area contributed by atoms with E-state index < -0.39 is 0 Å². The number of hydrogen-bond donors (Lipinski definition) is 2. The molecule has 1 aliphatic rings. The zero-order chi connectivity index (χ0) is 12.1. The fraction of sp³-hybridized carbons (Fsp3) is 0.462. The summed E-state index contributed by atoms with van der Waals surface area (Å²) in [6.07, 6.45) is 0.993. The maximum atomic E-state index is 11.7. The first kappa shape index (κ1) is 11.9. The lowest BCUT2D eigenvalue weighted by atomic mass is 10.0. The molecule has 0 unspecified atom stereocenters. The van der Waals surface area contributed by atoms with Crippen LogP contribution in [0.25, 0.3) is 0 Å². The van der Waals surface area contributed by atoms with Crippen LogP contribution in [0.1, 0.15) is 13.3 Å². The Bertz CT molecular complexity index is 372. The third-order valence-electron chi connectivity index (χ3n) is 2.75. The van der Waals surface area contributed by atoms with Gasteiger partial charge in [-0.05, 0) is 30.7 Å². The smallest absolute Gasteiger partial charge is 0.230 e. The summed E-state index contributed by atoms with van der Waals surface area (Å²) in [4.78, 5) is 11.7. The highest BCUT2D eigenvalue weighted by Crippen LogP contribution is 2.17. The van der Waals surface area contributed by atoms with Crippen molar-refractivity contribution in [2.24, 2.45) is 5.92 Å². The number of anilines is 1. The highest BCUT2D eigenvalue weighted by atomic mass is 16.5. The zero-order valence-electron chi connectivity index (χ0n) is 10.0. The van der Waals surface area contributed by atoms with E-state index in [4.69, 9.17) is 4.74 Å². The fourth-order valence-electron chi connectivity index (χ4n) is 1.57. The standard InChI is InChI=1S/C13H18N2O2/c1-2-7-17-12-5-3-11(4-6-12)15-13(16)10-8-14-9-10/h3-6,10,14H,2,7-9H2,1H3,(H,15,16). The largest absolute Gasteiger partial charge is 0.494 e. The molecule has 0 saturated carbocycles. The molecule has 0 spiro atoms. The van der Waals surface area contributed by atoms with E-state index >= 15 is 0 Å². The van der Waals surface area contributed by atoms with E-state index in [0.717, 1.165) is 37.6 Å². The van der Waals surface area contributed by atoms with E-state index in [1.54, 1.807) is 0 Å². The lowest BCUT2D eigenvalue weighted by Crippen LogP contribution is -2.48. The zero-order valence-corrected chi connectivity index (χ0v) is 10.0. The average molecular weight is 234 g/mol. The molecule has 0 bridgehead atoms. The van der Waals surface area contributed by atoms with Gasteiger partial charge in [0.25, 0.3) is 0 Å². The molecule has 2 N–H and O–H groups in total. The number of benzene rings is 1. The van der Waals surface area contributed by atoms with Crippen molar-refractivity contribution in [3.05, 3.63) is 24.3 Å². The lowest BCUT2D eigenvalue weighted by molar-refractivity contribution is -0.121. The fourth-order valence-corrected chi connectivity index (χ4v) is 1.57. The Kier molecular flexibility index (Phi) is 3.98. The van der Waals surface area contributed by atoms with Crippen molar-refractivity contribution in [1.82, 2.24) is 5.32 Å². The highest BCUT2D eigenvalue weighted by Gasteiger charge is 2.24. The summed E-state index contributed by atoms with van der Waals surface area (Å²) in [5.74, 6) is 1.05. The van der Waals surface area contributed by atoms with Gasteiger partial charge in [0, 0.05) is 18.8 Å². The molecule has 1 aromatic rings. The van der Waals surface area contributed by atoms with E-state index in [1.807, 2.05) is 24.3 Å². The molecule has 4 nitrogen and oxygen atoms in total. The first-order valence-corrected chi connectivity index (χ1v) is 6.04. The number of rotatable bonds is 5. The van der Waals surface area contributed by atoms with Gasteiger partial charge in [-0.3, -0.25) is 4.79 Å². The molecule has 17 heavy (non-hydrogen) atoms. The van der Waals surface area contributed by atoms with Crippen molar-refractivity contribution in [1.29, 1.82) is 0 Å².